The van der Waals surface area contributed by atoms with Crippen LogP contribution in [-0.4, -0.2) is 64.5 Å². The van der Waals surface area contributed by atoms with Crippen molar-refractivity contribution >= 4 is 38.6 Å². The Morgan fingerprint density at radius 3 is 2.50 bits per heavy atom. The number of rotatable bonds is 7. The zero-order chi connectivity index (χ0) is 27.5. The van der Waals surface area contributed by atoms with Gasteiger partial charge in [0.05, 0.1) is 23.5 Å². The Morgan fingerprint density at radius 1 is 0.925 bits per heavy atom. The van der Waals surface area contributed by atoms with Gasteiger partial charge in [-0.05, 0) is 73.8 Å². The highest BCUT2D eigenvalue weighted by molar-refractivity contribution is 9.10. The number of piperidine rings is 1. The van der Waals surface area contributed by atoms with E-state index in [1.807, 2.05) is 12.1 Å². The largest absolute Gasteiger partial charge is 0.368 e. The van der Waals surface area contributed by atoms with Crippen molar-refractivity contribution in [1.29, 1.82) is 0 Å². The first kappa shape index (κ1) is 27.0. The van der Waals surface area contributed by atoms with Gasteiger partial charge in [-0.1, -0.05) is 59.6 Å². The molecule has 3 heterocycles. The van der Waals surface area contributed by atoms with Gasteiger partial charge in [0, 0.05) is 48.6 Å². The van der Waals surface area contributed by atoms with E-state index in [2.05, 4.69) is 103 Å². The van der Waals surface area contributed by atoms with E-state index < -0.39 is 0 Å². The Morgan fingerprint density at radius 2 is 1.73 bits per heavy atom. The summed E-state index contributed by atoms with van der Waals surface area (Å²) in [6, 6.07) is 25.7. The molecule has 7 heteroatoms. The quantitative estimate of drug-likeness (QED) is 0.250. The number of piperazine rings is 1. The second-order valence-electron chi connectivity index (χ2n) is 11.1. The molecule has 6 rings (SSSR count). The molecule has 0 saturated carbocycles. The lowest BCUT2D eigenvalue weighted by Gasteiger charge is -2.39. The van der Waals surface area contributed by atoms with Crippen LogP contribution in [0.1, 0.15) is 37.6 Å². The molecule has 0 radical (unpaired) electrons. The van der Waals surface area contributed by atoms with Crippen molar-refractivity contribution in [2.24, 2.45) is 5.92 Å². The normalized spacial score (nSPS) is 18.4. The first-order valence-corrected chi connectivity index (χ1v) is 15.5. The molecule has 208 valence electrons. The van der Waals surface area contributed by atoms with Crippen molar-refractivity contribution in [3.05, 3.63) is 88.7 Å². The Bertz CT molecular complexity index is 1460. The van der Waals surface area contributed by atoms with Gasteiger partial charge in [0.25, 0.3) is 0 Å². The first-order chi connectivity index (χ1) is 19.6. The third-order valence-electron chi connectivity index (χ3n) is 8.35. The van der Waals surface area contributed by atoms with E-state index >= 15 is 0 Å². The minimum absolute atomic E-state index is 0.0531. The molecule has 2 saturated heterocycles. The van der Waals surface area contributed by atoms with E-state index in [-0.39, 0.29) is 5.92 Å². The standard InChI is InChI=1S/C33H38BrN5O/c1-2-7-25-13-15-28(16-14-25)37-18-20-38(21-19-37)33(40)26-8-6-17-36(23-26)24-32-35-30-11-3-4-12-31(30)39(32)29-10-5-9-27(34)22-29/h3-5,9-16,22,26H,2,6-8,17-21,23-24H2,1H3/t26-/m1/s1. The van der Waals surface area contributed by atoms with Crippen LogP contribution in [0.5, 0.6) is 0 Å². The van der Waals surface area contributed by atoms with E-state index in [9.17, 15) is 4.79 Å². The molecular formula is C33H38BrN5O. The molecule has 0 N–H and O–H groups in total. The highest BCUT2D eigenvalue weighted by Crippen LogP contribution is 2.27. The summed E-state index contributed by atoms with van der Waals surface area (Å²) in [5.74, 6) is 1.39. The molecular weight excluding hydrogens is 562 g/mol. The van der Waals surface area contributed by atoms with Crippen LogP contribution in [0.25, 0.3) is 16.7 Å². The van der Waals surface area contributed by atoms with Gasteiger partial charge < -0.3 is 9.80 Å². The number of nitrogens with zero attached hydrogens (tertiary/aromatic N) is 5. The van der Waals surface area contributed by atoms with Crippen LogP contribution in [-0.2, 0) is 17.8 Å². The third kappa shape index (κ3) is 5.81. The number of aromatic nitrogens is 2. The van der Waals surface area contributed by atoms with E-state index in [1.54, 1.807) is 0 Å². The molecule has 2 aliphatic rings. The van der Waals surface area contributed by atoms with Crippen LogP contribution >= 0.6 is 15.9 Å². The molecule has 1 atom stereocenters. The fourth-order valence-corrected chi connectivity index (χ4v) is 6.68. The Kier molecular flexibility index (Phi) is 8.21. The number of halogens is 1. The second kappa shape index (κ2) is 12.1. The molecule has 2 aliphatic heterocycles. The lowest BCUT2D eigenvalue weighted by atomic mass is 9.96. The smallest absolute Gasteiger partial charge is 0.227 e. The average molecular weight is 601 g/mol. The third-order valence-corrected chi connectivity index (χ3v) is 8.84. The Balaban J connectivity index is 1.11. The molecule has 3 aromatic carbocycles. The van der Waals surface area contributed by atoms with E-state index in [0.717, 1.165) is 92.1 Å². The van der Waals surface area contributed by atoms with Crippen molar-refractivity contribution in [3.8, 4) is 5.69 Å². The first-order valence-electron chi connectivity index (χ1n) is 14.7. The number of carbonyl (C=O) groups excluding carboxylic acids is 1. The summed E-state index contributed by atoms with van der Waals surface area (Å²) in [6.07, 6.45) is 4.31. The monoisotopic (exact) mass is 599 g/mol. The van der Waals surface area contributed by atoms with Crippen LogP contribution < -0.4 is 4.90 Å². The van der Waals surface area contributed by atoms with Gasteiger partial charge in [-0.25, -0.2) is 4.98 Å². The topological polar surface area (TPSA) is 44.6 Å². The summed E-state index contributed by atoms with van der Waals surface area (Å²) >= 11 is 3.63. The van der Waals surface area contributed by atoms with Gasteiger partial charge in [0.15, 0.2) is 0 Å². The number of hydrogen-bond acceptors (Lipinski definition) is 4. The predicted octanol–water partition coefficient (Wildman–Crippen LogP) is 6.30. The summed E-state index contributed by atoms with van der Waals surface area (Å²) < 4.78 is 3.31. The van der Waals surface area contributed by atoms with E-state index in [4.69, 9.17) is 4.98 Å². The number of imidazole rings is 1. The van der Waals surface area contributed by atoms with Crippen molar-refractivity contribution in [2.45, 2.75) is 39.2 Å². The number of para-hydroxylation sites is 2. The Hall–Kier alpha value is -3.16. The lowest BCUT2D eigenvalue weighted by molar-refractivity contribution is -0.137. The Labute approximate surface area is 245 Å². The van der Waals surface area contributed by atoms with Gasteiger partial charge in [-0.3, -0.25) is 14.3 Å². The number of likely N-dealkylation sites (tertiary alicyclic amines) is 1. The molecule has 0 bridgehead atoms. The SMILES string of the molecule is CCCc1ccc(N2CCN(C(=O)[C@@H]3CCCN(Cc4nc5ccccc5n4-c4cccc(Br)c4)C3)CC2)cc1. The van der Waals surface area contributed by atoms with Gasteiger partial charge in [-0.2, -0.15) is 0 Å². The van der Waals surface area contributed by atoms with Gasteiger partial charge in [-0.15, -0.1) is 0 Å². The summed E-state index contributed by atoms with van der Waals surface area (Å²) in [4.78, 5) is 25.6. The van der Waals surface area contributed by atoms with Crippen molar-refractivity contribution in [2.75, 3.05) is 44.2 Å². The fourth-order valence-electron chi connectivity index (χ4n) is 6.29. The highest BCUT2D eigenvalue weighted by atomic mass is 79.9. The molecule has 6 nitrogen and oxygen atoms in total. The number of anilines is 1. The molecule has 1 amide bonds. The highest BCUT2D eigenvalue weighted by Gasteiger charge is 2.32. The van der Waals surface area contributed by atoms with Crippen molar-refractivity contribution < 1.29 is 4.79 Å². The second-order valence-corrected chi connectivity index (χ2v) is 12.1. The maximum atomic E-state index is 13.6. The number of benzene rings is 3. The molecule has 40 heavy (non-hydrogen) atoms. The average Bonchev–Trinajstić information content (AvgIpc) is 3.35. The number of carbonyl (C=O) groups is 1. The van der Waals surface area contributed by atoms with Crippen LogP contribution in [0.2, 0.25) is 0 Å². The number of hydrogen-bond donors (Lipinski definition) is 0. The molecule has 2 fully saturated rings. The fraction of sp³-hybridized carbons (Fsp3) is 0.394. The summed E-state index contributed by atoms with van der Waals surface area (Å²) in [6.45, 7) is 8.11. The van der Waals surface area contributed by atoms with Crippen LogP contribution in [0.15, 0.2) is 77.3 Å². The maximum absolute atomic E-state index is 13.6. The molecule has 0 aliphatic carbocycles. The van der Waals surface area contributed by atoms with Gasteiger partial charge >= 0.3 is 0 Å². The zero-order valence-electron chi connectivity index (χ0n) is 23.3. The predicted molar refractivity (Wildman–Crippen MR) is 166 cm³/mol. The summed E-state index contributed by atoms with van der Waals surface area (Å²) in [7, 11) is 0. The molecule has 1 aromatic heterocycles. The number of amides is 1. The lowest BCUT2D eigenvalue weighted by Crippen LogP contribution is -2.52. The number of fused-ring (bicyclic) bond motifs is 1. The summed E-state index contributed by atoms with van der Waals surface area (Å²) in [5.41, 5.74) is 5.87. The van der Waals surface area contributed by atoms with Gasteiger partial charge in [0.2, 0.25) is 5.91 Å². The van der Waals surface area contributed by atoms with Crippen LogP contribution in [0.3, 0.4) is 0 Å². The van der Waals surface area contributed by atoms with Crippen LogP contribution in [0.4, 0.5) is 5.69 Å². The van der Waals surface area contributed by atoms with Crippen molar-refractivity contribution in [3.63, 3.8) is 0 Å². The minimum atomic E-state index is 0.0531. The van der Waals surface area contributed by atoms with E-state index in [1.165, 1.54) is 17.7 Å². The summed E-state index contributed by atoms with van der Waals surface area (Å²) in [5, 5.41) is 0. The molecule has 4 aromatic rings. The van der Waals surface area contributed by atoms with E-state index in [0.29, 0.717) is 5.91 Å². The zero-order valence-corrected chi connectivity index (χ0v) is 24.9. The van der Waals surface area contributed by atoms with Crippen molar-refractivity contribution in [1.82, 2.24) is 19.4 Å². The number of aryl methyl sites for hydroxylation is 1. The molecule has 0 spiro atoms. The minimum Gasteiger partial charge on any atom is -0.368 e. The maximum Gasteiger partial charge on any atom is 0.227 e. The van der Waals surface area contributed by atoms with Gasteiger partial charge in [0.1, 0.15) is 5.82 Å². The molecule has 0 unspecified atom stereocenters. The van der Waals surface area contributed by atoms with Crippen LogP contribution in [0, 0.1) is 5.92 Å².